The van der Waals surface area contributed by atoms with Crippen LogP contribution >= 0.6 is 11.8 Å². The van der Waals surface area contributed by atoms with Crippen LogP contribution in [0.5, 0.6) is 5.75 Å². The summed E-state index contributed by atoms with van der Waals surface area (Å²) in [6.45, 7) is 0. The van der Waals surface area contributed by atoms with E-state index < -0.39 is 29.4 Å². The lowest BCUT2D eigenvalue weighted by Gasteiger charge is -2.15. The molecule has 0 radical (unpaired) electrons. The molecule has 0 aliphatic heterocycles. The minimum Gasteiger partial charge on any atom is -0.419 e. The highest BCUT2D eigenvalue weighted by Gasteiger charge is 2.32. The number of ether oxygens (including phenoxy) is 1. The van der Waals surface area contributed by atoms with Crippen LogP contribution < -0.4 is 9.16 Å². The predicted octanol–water partition coefficient (Wildman–Crippen LogP) is 3.94. The zero-order valence-corrected chi connectivity index (χ0v) is 12.4. The van der Waals surface area contributed by atoms with Crippen LogP contribution in [0.1, 0.15) is 5.56 Å². The van der Waals surface area contributed by atoms with Crippen LogP contribution in [0.15, 0.2) is 48.5 Å². The zero-order chi connectivity index (χ0) is 17.9. The molecule has 0 saturated heterocycles. The van der Waals surface area contributed by atoms with E-state index in [0.29, 0.717) is 6.07 Å². The van der Waals surface area contributed by atoms with E-state index in [1.807, 2.05) is 0 Å². The molecule has 2 aromatic carbocycles. The van der Waals surface area contributed by atoms with Gasteiger partial charge in [-0.2, -0.15) is 13.2 Å². The second-order valence-corrected chi connectivity index (χ2v) is 4.82. The van der Waals surface area contributed by atoms with Gasteiger partial charge in [-0.1, -0.05) is 12.1 Å². The van der Waals surface area contributed by atoms with Gasteiger partial charge in [0.25, 0.3) is 0 Å². The Bertz CT molecular complexity index is 779. The molecular formula is C15H8ClF4NO3. The fraction of sp³-hybridized carbons (Fsp3) is 0.0667. The number of alkyl halides is 3. The van der Waals surface area contributed by atoms with Crippen molar-refractivity contribution in [3.05, 3.63) is 59.9 Å². The van der Waals surface area contributed by atoms with Gasteiger partial charge in [-0.05, 0) is 30.3 Å². The third kappa shape index (κ3) is 4.23. The van der Waals surface area contributed by atoms with E-state index in [0.717, 1.165) is 30.3 Å². The summed E-state index contributed by atoms with van der Waals surface area (Å²) in [5.41, 5.74) is -1.41. The molecule has 0 saturated carbocycles. The Morgan fingerprint density at radius 2 is 1.71 bits per heavy atom. The number of carbonyl (C=O) groups excluding carboxylic acids is 2. The SMILES string of the molecule is O=C(Oc1cccc(F)c1)C(=O)N(Cl)c1cccc(C(F)(F)F)c1. The molecule has 9 heteroatoms. The summed E-state index contributed by atoms with van der Waals surface area (Å²) in [6.07, 6.45) is -4.64. The average Bonchev–Trinajstić information content (AvgIpc) is 2.52. The van der Waals surface area contributed by atoms with E-state index in [2.05, 4.69) is 4.74 Å². The lowest BCUT2D eigenvalue weighted by atomic mass is 10.2. The summed E-state index contributed by atoms with van der Waals surface area (Å²) in [5.74, 6) is -3.86. The first-order chi connectivity index (χ1) is 11.2. The van der Waals surface area contributed by atoms with E-state index in [1.165, 1.54) is 12.1 Å². The molecule has 126 valence electrons. The molecular weight excluding hydrogens is 354 g/mol. The van der Waals surface area contributed by atoms with Crippen LogP contribution in [0.3, 0.4) is 0 Å². The van der Waals surface area contributed by atoms with Crippen molar-refractivity contribution in [1.82, 2.24) is 0 Å². The quantitative estimate of drug-likeness (QED) is 0.268. The maximum Gasteiger partial charge on any atom is 0.416 e. The van der Waals surface area contributed by atoms with E-state index in [-0.39, 0.29) is 15.9 Å². The van der Waals surface area contributed by atoms with Gasteiger partial charge in [-0.15, -0.1) is 0 Å². The minimum atomic E-state index is -4.64. The van der Waals surface area contributed by atoms with Crippen LogP contribution in [0.4, 0.5) is 23.2 Å². The van der Waals surface area contributed by atoms with Crippen molar-refractivity contribution in [2.75, 3.05) is 4.42 Å². The predicted molar refractivity (Wildman–Crippen MR) is 76.8 cm³/mol. The van der Waals surface area contributed by atoms with Crippen molar-refractivity contribution < 1.29 is 31.9 Å². The summed E-state index contributed by atoms with van der Waals surface area (Å²) < 4.78 is 55.7. The Morgan fingerprint density at radius 1 is 1.04 bits per heavy atom. The van der Waals surface area contributed by atoms with E-state index in [1.54, 1.807) is 0 Å². The van der Waals surface area contributed by atoms with E-state index in [9.17, 15) is 27.2 Å². The number of benzene rings is 2. The highest BCUT2D eigenvalue weighted by atomic mass is 35.5. The second kappa shape index (κ2) is 6.88. The Hall–Kier alpha value is -2.61. The lowest BCUT2D eigenvalue weighted by molar-refractivity contribution is -0.146. The van der Waals surface area contributed by atoms with Gasteiger partial charge in [-0.25, -0.2) is 13.6 Å². The second-order valence-electron chi connectivity index (χ2n) is 4.48. The molecule has 0 aliphatic carbocycles. The third-order valence-corrected chi connectivity index (χ3v) is 3.11. The summed E-state index contributed by atoms with van der Waals surface area (Å²) in [6, 6.07) is 7.92. The third-order valence-electron chi connectivity index (χ3n) is 2.76. The molecule has 0 atom stereocenters. The van der Waals surface area contributed by atoms with Crippen molar-refractivity contribution in [3.8, 4) is 5.75 Å². The van der Waals surface area contributed by atoms with Crippen molar-refractivity contribution in [2.24, 2.45) is 0 Å². The van der Waals surface area contributed by atoms with E-state index in [4.69, 9.17) is 11.8 Å². The molecule has 0 N–H and O–H groups in total. The fourth-order valence-electron chi connectivity index (χ4n) is 1.68. The molecule has 0 fully saturated rings. The Labute approximate surface area is 138 Å². The van der Waals surface area contributed by atoms with Crippen molar-refractivity contribution in [2.45, 2.75) is 6.18 Å². The summed E-state index contributed by atoms with van der Waals surface area (Å²) in [4.78, 5) is 23.5. The number of halogens is 5. The van der Waals surface area contributed by atoms with Gasteiger partial charge in [0, 0.05) is 17.8 Å². The van der Waals surface area contributed by atoms with Crippen molar-refractivity contribution >= 4 is 29.3 Å². The molecule has 1 amide bonds. The molecule has 4 nitrogen and oxygen atoms in total. The smallest absolute Gasteiger partial charge is 0.416 e. The maximum atomic E-state index is 13.0. The molecule has 2 rings (SSSR count). The van der Waals surface area contributed by atoms with Gasteiger partial charge in [0.05, 0.1) is 11.3 Å². The number of hydrogen-bond donors (Lipinski definition) is 0. The Kier molecular flexibility index (Phi) is 5.08. The van der Waals surface area contributed by atoms with Crippen molar-refractivity contribution in [3.63, 3.8) is 0 Å². The number of hydrogen-bond acceptors (Lipinski definition) is 3. The number of anilines is 1. The van der Waals surface area contributed by atoms with Crippen LogP contribution in [0.2, 0.25) is 0 Å². The van der Waals surface area contributed by atoms with Crippen LogP contribution in [0.25, 0.3) is 0 Å². The normalized spacial score (nSPS) is 11.0. The summed E-state index contributed by atoms with van der Waals surface area (Å²) in [7, 11) is 0. The first kappa shape index (κ1) is 17.7. The zero-order valence-electron chi connectivity index (χ0n) is 11.7. The molecule has 0 bridgehead atoms. The summed E-state index contributed by atoms with van der Waals surface area (Å²) >= 11 is 5.61. The highest BCUT2D eigenvalue weighted by molar-refractivity contribution is 6.51. The molecule has 2 aromatic rings. The Morgan fingerprint density at radius 3 is 2.33 bits per heavy atom. The van der Waals surface area contributed by atoms with Gasteiger partial charge >= 0.3 is 18.1 Å². The number of esters is 1. The minimum absolute atomic E-state index is 0.191. The first-order valence-corrected chi connectivity index (χ1v) is 6.67. The topological polar surface area (TPSA) is 46.6 Å². The highest BCUT2D eigenvalue weighted by Crippen LogP contribution is 2.32. The molecule has 0 aliphatic rings. The average molecular weight is 362 g/mol. The molecule has 0 spiro atoms. The number of nitrogens with zero attached hydrogens (tertiary/aromatic N) is 1. The number of rotatable bonds is 2. The standard InChI is InChI=1S/C15H8ClF4NO3/c16-21(11-5-1-3-9(7-11)15(18,19)20)13(22)14(23)24-12-6-2-4-10(17)8-12/h1-8H. The fourth-order valence-corrected chi connectivity index (χ4v) is 1.86. The van der Waals surface area contributed by atoms with Gasteiger partial charge < -0.3 is 4.74 Å². The van der Waals surface area contributed by atoms with E-state index >= 15 is 0 Å². The Balaban J connectivity index is 2.15. The monoisotopic (exact) mass is 361 g/mol. The van der Waals surface area contributed by atoms with Gasteiger partial charge in [-0.3, -0.25) is 4.79 Å². The summed E-state index contributed by atoms with van der Waals surface area (Å²) in [5, 5.41) is 0. The van der Waals surface area contributed by atoms with Crippen LogP contribution in [-0.2, 0) is 15.8 Å². The number of amides is 1. The van der Waals surface area contributed by atoms with Gasteiger partial charge in [0.1, 0.15) is 11.6 Å². The van der Waals surface area contributed by atoms with Crippen LogP contribution in [-0.4, -0.2) is 11.9 Å². The maximum absolute atomic E-state index is 13.0. The van der Waals surface area contributed by atoms with Gasteiger partial charge in [0.15, 0.2) is 0 Å². The lowest BCUT2D eigenvalue weighted by Crippen LogP contribution is -2.32. The molecule has 0 aromatic heterocycles. The van der Waals surface area contributed by atoms with Gasteiger partial charge in [0.2, 0.25) is 0 Å². The van der Waals surface area contributed by atoms with Crippen molar-refractivity contribution in [1.29, 1.82) is 0 Å². The number of carbonyl (C=O) groups is 2. The molecule has 0 heterocycles. The van der Waals surface area contributed by atoms with Crippen LogP contribution in [0, 0.1) is 5.82 Å². The first-order valence-electron chi connectivity index (χ1n) is 6.33. The molecule has 0 unspecified atom stereocenters. The molecule has 24 heavy (non-hydrogen) atoms. The largest absolute Gasteiger partial charge is 0.419 e.